The summed E-state index contributed by atoms with van der Waals surface area (Å²) in [6, 6.07) is 7.85. The molecule has 3 amide bonds. The topological polar surface area (TPSA) is 49.9 Å². The average Bonchev–Trinajstić information content (AvgIpc) is 2.98. The van der Waals surface area contributed by atoms with Gasteiger partial charge in [-0.2, -0.15) is 0 Å². The van der Waals surface area contributed by atoms with Crippen LogP contribution in [0.2, 0.25) is 0 Å². The van der Waals surface area contributed by atoms with Crippen molar-refractivity contribution in [3.63, 3.8) is 0 Å². The summed E-state index contributed by atoms with van der Waals surface area (Å²) in [6.07, 6.45) is 0.945. The van der Waals surface area contributed by atoms with Gasteiger partial charge in [-0.3, -0.25) is 14.6 Å². The minimum Gasteiger partial charge on any atom is -0.351 e. The molecule has 1 fully saturated rings. The molecule has 0 bridgehead atoms. The number of benzene rings is 1. The largest absolute Gasteiger partial charge is 0.351 e. The van der Waals surface area contributed by atoms with Crippen LogP contribution in [-0.2, 0) is 4.74 Å². The van der Waals surface area contributed by atoms with Gasteiger partial charge in [-0.15, -0.1) is 13.2 Å². The number of hydrogen-bond donors (Lipinski definition) is 0. The van der Waals surface area contributed by atoms with E-state index in [-0.39, 0.29) is 25.1 Å². The van der Waals surface area contributed by atoms with E-state index in [4.69, 9.17) is 4.74 Å². The Morgan fingerprint density at radius 1 is 1.19 bits per heavy atom. The number of imide groups is 1. The van der Waals surface area contributed by atoms with Gasteiger partial charge in [-0.05, 0) is 18.6 Å². The Hall–Kier alpha value is -2.47. The molecule has 0 spiro atoms. The van der Waals surface area contributed by atoms with E-state index >= 15 is 0 Å². The molecule has 1 aliphatic rings. The van der Waals surface area contributed by atoms with Crippen molar-refractivity contribution in [2.24, 2.45) is 5.92 Å². The maximum Gasteiger partial charge on any atom is 0.329 e. The Labute approximate surface area is 160 Å². The van der Waals surface area contributed by atoms with E-state index in [1.807, 2.05) is 6.92 Å². The van der Waals surface area contributed by atoms with Gasteiger partial charge in [0.25, 0.3) is 5.91 Å². The number of carbonyl (C=O) groups excluding carboxylic acids is 2. The fraction of sp³-hybridized carbons (Fsp3) is 0.429. The van der Waals surface area contributed by atoms with E-state index in [0.717, 1.165) is 4.90 Å². The molecular formula is C21H27FN2O3. The molecule has 5 nitrogen and oxygen atoms in total. The maximum absolute atomic E-state index is 14.8. The van der Waals surface area contributed by atoms with Gasteiger partial charge in [0.05, 0.1) is 6.10 Å². The lowest BCUT2D eigenvalue weighted by atomic mass is 9.99. The number of alkyl halides is 1. The van der Waals surface area contributed by atoms with Crippen LogP contribution in [-0.4, -0.2) is 53.3 Å². The van der Waals surface area contributed by atoms with E-state index < -0.39 is 24.3 Å². The van der Waals surface area contributed by atoms with Crippen molar-refractivity contribution in [3.8, 4) is 0 Å². The molecule has 1 saturated heterocycles. The monoisotopic (exact) mass is 374 g/mol. The van der Waals surface area contributed by atoms with Crippen molar-refractivity contribution in [3.05, 3.63) is 61.2 Å². The zero-order chi connectivity index (χ0) is 20.0. The average molecular weight is 374 g/mol. The van der Waals surface area contributed by atoms with Gasteiger partial charge in [-0.1, -0.05) is 44.2 Å². The predicted molar refractivity (Wildman–Crippen MR) is 103 cm³/mol. The molecule has 0 saturated carbocycles. The highest BCUT2D eigenvalue weighted by Gasteiger charge is 2.46. The molecular weight excluding hydrogens is 347 g/mol. The second kappa shape index (κ2) is 9.46. The Kier molecular flexibility index (Phi) is 7.30. The van der Waals surface area contributed by atoms with Gasteiger partial charge in [-0.25, -0.2) is 9.18 Å². The van der Waals surface area contributed by atoms with Crippen LogP contribution in [0.15, 0.2) is 55.6 Å². The maximum atomic E-state index is 14.8. The normalized spacial score (nSPS) is 24.3. The first kappa shape index (κ1) is 20.8. The van der Waals surface area contributed by atoms with Gasteiger partial charge in [0.15, 0.2) is 6.23 Å². The molecule has 0 radical (unpaired) electrons. The quantitative estimate of drug-likeness (QED) is 0.677. The van der Waals surface area contributed by atoms with Crippen LogP contribution >= 0.6 is 0 Å². The third-order valence-corrected chi connectivity index (χ3v) is 4.76. The molecule has 1 aromatic rings. The summed E-state index contributed by atoms with van der Waals surface area (Å²) in [6.45, 7) is 11.0. The van der Waals surface area contributed by atoms with Crippen molar-refractivity contribution in [1.29, 1.82) is 0 Å². The van der Waals surface area contributed by atoms with Gasteiger partial charge in [0.2, 0.25) is 0 Å². The number of halogens is 1. The molecule has 1 aliphatic heterocycles. The molecule has 0 N–H and O–H groups in total. The summed E-state index contributed by atoms with van der Waals surface area (Å²) >= 11 is 0. The van der Waals surface area contributed by atoms with E-state index in [2.05, 4.69) is 13.2 Å². The Balaban J connectivity index is 2.30. The van der Waals surface area contributed by atoms with Crippen LogP contribution in [0.5, 0.6) is 0 Å². The number of carbonyl (C=O) groups is 2. The summed E-state index contributed by atoms with van der Waals surface area (Å²) in [5.74, 6) is -0.805. The highest BCUT2D eigenvalue weighted by Crippen LogP contribution is 2.33. The van der Waals surface area contributed by atoms with Crippen molar-refractivity contribution in [2.75, 3.05) is 13.1 Å². The van der Waals surface area contributed by atoms with Crippen LogP contribution in [0.25, 0.3) is 0 Å². The SMILES string of the molecule is C=CCN(C(=O)c1ccccc1)C(=O)N(CC=C)C1O[C@H](CC)[C@@H](C)[C@@H]1F. The van der Waals surface area contributed by atoms with Crippen LogP contribution in [0.3, 0.4) is 0 Å². The van der Waals surface area contributed by atoms with Gasteiger partial charge >= 0.3 is 6.03 Å². The van der Waals surface area contributed by atoms with E-state index in [1.54, 1.807) is 37.3 Å². The zero-order valence-corrected chi connectivity index (χ0v) is 15.9. The van der Waals surface area contributed by atoms with Crippen LogP contribution < -0.4 is 0 Å². The highest BCUT2D eigenvalue weighted by atomic mass is 19.1. The third-order valence-electron chi connectivity index (χ3n) is 4.76. The summed E-state index contributed by atoms with van der Waals surface area (Å²) in [7, 11) is 0. The van der Waals surface area contributed by atoms with Gasteiger partial charge in [0.1, 0.15) is 6.17 Å². The molecule has 0 aliphatic carbocycles. The minimum absolute atomic E-state index is 0.0106. The molecule has 2 rings (SSSR count). The van der Waals surface area contributed by atoms with E-state index in [1.165, 1.54) is 17.1 Å². The lowest BCUT2D eigenvalue weighted by Gasteiger charge is -2.33. The molecule has 4 atom stereocenters. The van der Waals surface area contributed by atoms with Gasteiger partial charge in [0, 0.05) is 24.6 Å². The van der Waals surface area contributed by atoms with Crippen molar-refractivity contribution in [1.82, 2.24) is 9.80 Å². The molecule has 1 heterocycles. The summed E-state index contributed by atoms with van der Waals surface area (Å²) in [5, 5.41) is 0. The second-order valence-corrected chi connectivity index (χ2v) is 6.57. The number of ether oxygens (including phenoxy) is 1. The number of amides is 3. The highest BCUT2D eigenvalue weighted by molar-refractivity contribution is 6.04. The zero-order valence-electron chi connectivity index (χ0n) is 15.9. The van der Waals surface area contributed by atoms with Crippen molar-refractivity contribution in [2.45, 2.75) is 38.8 Å². The molecule has 1 unspecified atom stereocenters. The van der Waals surface area contributed by atoms with Crippen LogP contribution in [0.4, 0.5) is 9.18 Å². The number of urea groups is 1. The molecule has 146 valence electrons. The molecule has 1 aromatic carbocycles. The minimum atomic E-state index is -1.34. The lowest BCUT2D eigenvalue weighted by molar-refractivity contribution is -0.0547. The predicted octanol–water partition coefficient (Wildman–Crippen LogP) is 4.03. The number of nitrogens with zero attached hydrogens (tertiary/aromatic N) is 2. The fourth-order valence-corrected chi connectivity index (χ4v) is 3.25. The van der Waals surface area contributed by atoms with E-state index in [9.17, 15) is 14.0 Å². The Morgan fingerprint density at radius 3 is 2.33 bits per heavy atom. The number of hydrogen-bond acceptors (Lipinski definition) is 3. The molecule has 6 heteroatoms. The number of rotatable bonds is 7. The standard InChI is InChI=1S/C21H27FN2O3/c1-5-13-23(19(25)16-11-9-8-10-12-16)21(26)24(14-6-2)20-18(22)15(4)17(7-3)27-20/h5-6,8-12,15,17-18,20H,1-2,7,13-14H2,3-4H3/t15-,17-,18+,20?/m1/s1. The third kappa shape index (κ3) is 4.45. The first-order valence-electron chi connectivity index (χ1n) is 9.15. The first-order valence-corrected chi connectivity index (χ1v) is 9.15. The summed E-state index contributed by atoms with van der Waals surface area (Å²) in [5.41, 5.74) is 0.371. The van der Waals surface area contributed by atoms with Crippen LogP contribution in [0.1, 0.15) is 30.6 Å². The van der Waals surface area contributed by atoms with E-state index in [0.29, 0.717) is 12.0 Å². The molecule has 0 aromatic heterocycles. The lowest BCUT2D eigenvalue weighted by Crippen LogP contribution is -2.52. The van der Waals surface area contributed by atoms with Crippen molar-refractivity contribution < 1.29 is 18.7 Å². The van der Waals surface area contributed by atoms with Crippen LogP contribution in [0, 0.1) is 5.92 Å². The second-order valence-electron chi connectivity index (χ2n) is 6.57. The first-order chi connectivity index (χ1) is 13.0. The smallest absolute Gasteiger partial charge is 0.329 e. The Bertz CT molecular complexity index is 679. The fourth-order valence-electron chi connectivity index (χ4n) is 3.25. The van der Waals surface area contributed by atoms with Gasteiger partial charge < -0.3 is 4.74 Å². The Morgan fingerprint density at radius 2 is 1.81 bits per heavy atom. The van der Waals surface area contributed by atoms with Crippen molar-refractivity contribution >= 4 is 11.9 Å². The summed E-state index contributed by atoms with van der Waals surface area (Å²) in [4.78, 5) is 28.3. The summed E-state index contributed by atoms with van der Waals surface area (Å²) < 4.78 is 20.7. The molecule has 27 heavy (non-hydrogen) atoms.